The monoisotopic (exact) mass is 381 g/mol. The second-order valence-corrected chi connectivity index (χ2v) is 9.33. The third kappa shape index (κ3) is 5.19. The van der Waals surface area contributed by atoms with Crippen molar-refractivity contribution < 1.29 is 13.2 Å². The molecule has 2 heterocycles. The fourth-order valence-corrected chi connectivity index (χ4v) is 5.29. The lowest BCUT2D eigenvalue weighted by molar-refractivity contribution is 0.191. The largest absolute Gasteiger partial charge is 0.497 e. The number of methoxy groups -OCH3 is 1. The van der Waals surface area contributed by atoms with E-state index in [4.69, 9.17) is 4.74 Å². The van der Waals surface area contributed by atoms with Gasteiger partial charge in [-0.15, -0.1) is 0 Å². The lowest BCUT2D eigenvalue weighted by Crippen LogP contribution is -2.52. The van der Waals surface area contributed by atoms with Gasteiger partial charge in [0.05, 0.1) is 7.11 Å². The minimum atomic E-state index is -3.38. The van der Waals surface area contributed by atoms with Crippen LogP contribution in [0, 0.1) is 5.92 Å². The summed E-state index contributed by atoms with van der Waals surface area (Å²) in [4.78, 5) is 2.32. The Kier molecular flexibility index (Phi) is 6.55. The van der Waals surface area contributed by atoms with Crippen LogP contribution < -0.4 is 9.46 Å². The highest BCUT2D eigenvalue weighted by Gasteiger charge is 2.30. The summed E-state index contributed by atoms with van der Waals surface area (Å²) < 4.78 is 35.2. The topological polar surface area (TPSA) is 61.9 Å². The molecular formula is C19H31N3O3S. The number of likely N-dealkylation sites (tertiary alicyclic amines) is 1. The molecule has 0 radical (unpaired) electrons. The average molecular weight is 382 g/mol. The molecule has 2 saturated heterocycles. The third-order valence-electron chi connectivity index (χ3n) is 5.44. The molecule has 1 aromatic carbocycles. The predicted octanol–water partition coefficient (Wildman–Crippen LogP) is 2.23. The number of nitrogens with zero attached hydrogens (tertiary/aromatic N) is 2. The van der Waals surface area contributed by atoms with Crippen molar-refractivity contribution in [3.63, 3.8) is 0 Å². The Balaban J connectivity index is 1.56. The second-order valence-electron chi connectivity index (χ2n) is 7.63. The zero-order chi connectivity index (χ0) is 18.6. The molecular weight excluding hydrogens is 350 g/mol. The van der Waals surface area contributed by atoms with Crippen LogP contribution in [0.2, 0.25) is 0 Å². The highest BCUT2D eigenvalue weighted by Crippen LogP contribution is 2.21. The first-order valence-electron chi connectivity index (χ1n) is 9.59. The molecule has 7 heteroatoms. The predicted molar refractivity (Wildman–Crippen MR) is 103 cm³/mol. The summed E-state index contributed by atoms with van der Waals surface area (Å²) in [5.74, 6) is 1.48. The van der Waals surface area contributed by atoms with E-state index in [-0.39, 0.29) is 6.04 Å². The van der Waals surface area contributed by atoms with Crippen molar-refractivity contribution >= 4 is 10.2 Å². The molecule has 0 bridgehead atoms. The SMILES string of the molecule is COc1cccc(CN2CCC[C@@H](NS(=O)(=O)N3CCC(C)CC3)C2)c1. The summed E-state index contributed by atoms with van der Waals surface area (Å²) in [6, 6.07) is 8.05. The fraction of sp³-hybridized carbons (Fsp3) is 0.684. The maximum Gasteiger partial charge on any atom is 0.279 e. The number of hydrogen-bond acceptors (Lipinski definition) is 4. The van der Waals surface area contributed by atoms with Gasteiger partial charge in [-0.1, -0.05) is 19.1 Å². The molecule has 2 fully saturated rings. The van der Waals surface area contributed by atoms with Gasteiger partial charge in [0, 0.05) is 32.2 Å². The number of nitrogens with one attached hydrogen (secondary N) is 1. The van der Waals surface area contributed by atoms with Gasteiger partial charge < -0.3 is 4.74 Å². The second kappa shape index (κ2) is 8.69. The molecule has 1 aromatic rings. The number of hydrogen-bond donors (Lipinski definition) is 1. The van der Waals surface area contributed by atoms with Crippen molar-refractivity contribution in [1.82, 2.24) is 13.9 Å². The van der Waals surface area contributed by atoms with Crippen LogP contribution in [0.25, 0.3) is 0 Å². The van der Waals surface area contributed by atoms with Crippen LogP contribution in [-0.4, -0.2) is 57.0 Å². The van der Waals surface area contributed by atoms with E-state index in [1.807, 2.05) is 18.2 Å². The van der Waals surface area contributed by atoms with Crippen LogP contribution in [0.15, 0.2) is 24.3 Å². The molecule has 6 nitrogen and oxygen atoms in total. The van der Waals surface area contributed by atoms with Crippen molar-refractivity contribution in [3.8, 4) is 5.75 Å². The highest BCUT2D eigenvalue weighted by molar-refractivity contribution is 7.87. The molecule has 0 saturated carbocycles. The quantitative estimate of drug-likeness (QED) is 0.821. The van der Waals surface area contributed by atoms with Gasteiger partial charge in [-0.2, -0.15) is 17.4 Å². The van der Waals surface area contributed by atoms with Crippen LogP contribution in [0.4, 0.5) is 0 Å². The molecule has 0 aliphatic carbocycles. The van der Waals surface area contributed by atoms with E-state index >= 15 is 0 Å². The summed E-state index contributed by atoms with van der Waals surface area (Å²) >= 11 is 0. The molecule has 0 amide bonds. The van der Waals surface area contributed by atoms with Crippen molar-refractivity contribution in [3.05, 3.63) is 29.8 Å². The Labute approximate surface area is 157 Å². The van der Waals surface area contributed by atoms with E-state index in [0.717, 1.165) is 51.1 Å². The van der Waals surface area contributed by atoms with Gasteiger partial charge in [-0.3, -0.25) is 4.90 Å². The third-order valence-corrected chi connectivity index (χ3v) is 7.12. The Bertz CT molecular complexity index is 687. The standard InChI is InChI=1S/C19H31N3O3S/c1-16-8-11-22(12-9-16)26(23,24)20-18-6-4-10-21(15-18)14-17-5-3-7-19(13-17)25-2/h3,5,7,13,16,18,20H,4,6,8-12,14-15H2,1-2H3/t18-/m1/s1. The van der Waals surface area contributed by atoms with Gasteiger partial charge in [0.15, 0.2) is 0 Å². The van der Waals surface area contributed by atoms with E-state index in [0.29, 0.717) is 19.0 Å². The van der Waals surface area contributed by atoms with Crippen molar-refractivity contribution in [2.24, 2.45) is 5.92 Å². The van der Waals surface area contributed by atoms with Gasteiger partial charge in [0.25, 0.3) is 10.2 Å². The van der Waals surface area contributed by atoms with Crippen molar-refractivity contribution in [2.75, 3.05) is 33.3 Å². The maximum absolute atomic E-state index is 12.7. The lowest BCUT2D eigenvalue weighted by Gasteiger charge is -2.35. The normalized spacial score (nSPS) is 23.8. The van der Waals surface area contributed by atoms with Gasteiger partial charge in [-0.05, 0) is 55.8 Å². The van der Waals surface area contributed by atoms with Gasteiger partial charge in [-0.25, -0.2) is 0 Å². The van der Waals surface area contributed by atoms with Crippen LogP contribution in [0.3, 0.4) is 0 Å². The summed E-state index contributed by atoms with van der Waals surface area (Å²) in [5, 5.41) is 0. The maximum atomic E-state index is 12.7. The molecule has 1 atom stereocenters. The zero-order valence-electron chi connectivity index (χ0n) is 15.9. The molecule has 0 spiro atoms. The first kappa shape index (κ1) is 19.6. The molecule has 26 heavy (non-hydrogen) atoms. The summed E-state index contributed by atoms with van der Waals surface area (Å²) in [5.41, 5.74) is 1.19. The molecule has 2 aliphatic heterocycles. The summed E-state index contributed by atoms with van der Waals surface area (Å²) in [6.45, 7) is 6.02. The number of piperidine rings is 2. The fourth-order valence-electron chi connectivity index (χ4n) is 3.83. The highest BCUT2D eigenvalue weighted by atomic mass is 32.2. The van der Waals surface area contributed by atoms with Gasteiger partial charge >= 0.3 is 0 Å². The van der Waals surface area contributed by atoms with E-state index < -0.39 is 10.2 Å². The molecule has 0 unspecified atom stereocenters. The van der Waals surface area contributed by atoms with Gasteiger partial charge in [0.2, 0.25) is 0 Å². The summed E-state index contributed by atoms with van der Waals surface area (Å²) in [7, 11) is -1.70. The van der Waals surface area contributed by atoms with Crippen LogP contribution in [0.5, 0.6) is 5.75 Å². The smallest absolute Gasteiger partial charge is 0.279 e. The average Bonchev–Trinajstić information content (AvgIpc) is 2.62. The van der Waals surface area contributed by atoms with Gasteiger partial charge in [0.1, 0.15) is 5.75 Å². The van der Waals surface area contributed by atoms with E-state index in [1.54, 1.807) is 11.4 Å². The van der Waals surface area contributed by atoms with Crippen LogP contribution in [-0.2, 0) is 16.8 Å². The van der Waals surface area contributed by atoms with Crippen LogP contribution >= 0.6 is 0 Å². The van der Waals surface area contributed by atoms with E-state index in [9.17, 15) is 8.42 Å². The molecule has 146 valence electrons. The Morgan fingerprint density at radius 3 is 2.69 bits per heavy atom. The van der Waals surface area contributed by atoms with Crippen molar-refractivity contribution in [1.29, 1.82) is 0 Å². The first-order chi connectivity index (χ1) is 12.5. The Hall–Kier alpha value is -1.15. The number of ether oxygens (including phenoxy) is 1. The minimum Gasteiger partial charge on any atom is -0.497 e. The first-order valence-corrected chi connectivity index (χ1v) is 11.0. The lowest BCUT2D eigenvalue weighted by atomic mass is 10.0. The van der Waals surface area contributed by atoms with E-state index in [1.165, 1.54) is 5.56 Å². The molecule has 1 N–H and O–H groups in total. The summed E-state index contributed by atoms with van der Waals surface area (Å²) in [6.07, 6.45) is 3.81. The molecule has 3 rings (SSSR count). The van der Waals surface area contributed by atoms with E-state index in [2.05, 4.69) is 22.6 Å². The van der Waals surface area contributed by atoms with Crippen LogP contribution in [0.1, 0.15) is 38.2 Å². The molecule has 2 aliphatic rings. The molecule has 0 aromatic heterocycles. The Morgan fingerprint density at radius 2 is 1.96 bits per heavy atom. The van der Waals surface area contributed by atoms with Crippen molar-refractivity contribution in [2.45, 2.75) is 45.2 Å². The zero-order valence-corrected chi connectivity index (χ0v) is 16.7. The number of rotatable bonds is 6. The Morgan fingerprint density at radius 1 is 1.19 bits per heavy atom. The number of benzene rings is 1. The minimum absolute atomic E-state index is 0.0151.